The molecule has 0 fully saturated rings. The highest BCUT2D eigenvalue weighted by molar-refractivity contribution is 7.89. The number of nitriles is 1. The van der Waals surface area contributed by atoms with Crippen molar-refractivity contribution < 1.29 is 22.7 Å². The van der Waals surface area contributed by atoms with Crippen LogP contribution in [-0.2, 0) is 19.6 Å². The smallest absolute Gasteiger partial charge is 0.338 e. The minimum atomic E-state index is -3.62. The molecule has 1 amide bonds. The van der Waals surface area contributed by atoms with E-state index in [1.165, 1.54) is 31.2 Å². The Bertz CT molecular complexity index is 1010. The first-order chi connectivity index (χ1) is 13.3. The largest absolute Gasteiger partial charge is 0.449 e. The number of nitrogens with one attached hydrogen (secondary N) is 2. The lowest BCUT2D eigenvalue weighted by Gasteiger charge is -2.14. The van der Waals surface area contributed by atoms with Crippen LogP contribution in [0.25, 0.3) is 0 Å². The molecule has 2 rings (SSSR count). The molecule has 0 aromatic heterocycles. The first kappa shape index (κ1) is 21.1. The molecule has 1 atom stereocenters. The zero-order valence-electron chi connectivity index (χ0n) is 15.3. The van der Waals surface area contributed by atoms with Gasteiger partial charge in [-0.25, -0.2) is 17.9 Å². The Labute approximate surface area is 163 Å². The summed E-state index contributed by atoms with van der Waals surface area (Å²) in [5.41, 5.74) is 0.704. The van der Waals surface area contributed by atoms with Gasteiger partial charge in [0.1, 0.15) is 6.07 Å². The molecule has 0 radical (unpaired) electrons. The summed E-state index contributed by atoms with van der Waals surface area (Å²) in [5.74, 6) is -1.37. The summed E-state index contributed by atoms with van der Waals surface area (Å²) in [6.07, 6.45) is -1.12. The van der Waals surface area contributed by atoms with Crippen LogP contribution in [-0.4, -0.2) is 32.9 Å². The summed E-state index contributed by atoms with van der Waals surface area (Å²) >= 11 is 0. The minimum Gasteiger partial charge on any atom is -0.449 e. The molecule has 146 valence electrons. The van der Waals surface area contributed by atoms with E-state index in [1.54, 1.807) is 31.2 Å². The number of hydrogen-bond donors (Lipinski definition) is 2. The quantitative estimate of drug-likeness (QED) is 0.684. The lowest BCUT2D eigenvalue weighted by Crippen LogP contribution is -2.30. The van der Waals surface area contributed by atoms with Crippen LogP contribution >= 0.6 is 0 Å². The second-order valence-corrected chi connectivity index (χ2v) is 7.49. The number of benzene rings is 2. The Morgan fingerprint density at radius 1 is 1.14 bits per heavy atom. The van der Waals surface area contributed by atoms with Gasteiger partial charge in [0.05, 0.1) is 21.7 Å². The molecule has 0 aliphatic rings. The topological polar surface area (TPSA) is 125 Å². The van der Waals surface area contributed by atoms with Gasteiger partial charge in [0.25, 0.3) is 5.91 Å². The molecule has 0 saturated carbocycles. The molecule has 0 saturated heterocycles. The molecular weight excluding hydrogens is 382 g/mol. The second-order valence-electron chi connectivity index (χ2n) is 5.72. The first-order valence-corrected chi connectivity index (χ1v) is 9.87. The van der Waals surface area contributed by atoms with Gasteiger partial charge in [-0.1, -0.05) is 19.1 Å². The molecule has 2 aromatic rings. The van der Waals surface area contributed by atoms with Crippen LogP contribution in [0.4, 0.5) is 5.69 Å². The van der Waals surface area contributed by atoms with E-state index >= 15 is 0 Å². The van der Waals surface area contributed by atoms with Crippen molar-refractivity contribution in [2.24, 2.45) is 0 Å². The SMILES string of the molecule is CCNS(=O)(=O)c1ccc(C(=O)O[C@H](C)C(=O)Nc2ccccc2C#N)cc1. The van der Waals surface area contributed by atoms with E-state index in [-0.39, 0.29) is 22.6 Å². The molecule has 8 nitrogen and oxygen atoms in total. The summed E-state index contributed by atoms with van der Waals surface area (Å²) in [6, 6.07) is 13.6. The van der Waals surface area contributed by atoms with Crippen molar-refractivity contribution in [1.29, 1.82) is 5.26 Å². The number of hydrogen-bond acceptors (Lipinski definition) is 6. The molecule has 28 heavy (non-hydrogen) atoms. The van der Waals surface area contributed by atoms with Crippen molar-refractivity contribution in [3.63, 3.8) is 0 Å². The highest BCUT2D eigenvalue weighted by Crippen LogP contribution is 2.15. The molecule has 9 heteroatoms. The van der Waals surface area contributed by atoms with E-state index in [0.717, 1.165) is 0 Å². The predicted molar refractivity (Wildman–Crippen MR) is 102 cm³/mol. The molecule has 0 heterocycles. The maximum Gasteiger partial charge on any atom is 0.338 e. The van der Waals surface area contributed by atoms with Crippen LogP contribution in [0.5, 0.6) is 0 Å². The third-order valence-corrected chi connectivity index (χ3v) is 5.25. The zero-order chi connectivity index (χ0) is 20.7. The van der Waals surface area contributed by atoms with Gasteiger partial charge in [-0.15, -0.1) is 0 Å². The fraction of sp³-hybridized carbons (Fsp3) is 0.211. The number of ether oxygens (including phenoxy) is 1. The maximum atomic E-state index is 12.2. The Hall–Kier alpha value is -3.22. The molecule has 2 N–H and O–H groups in total. The summed E-state index contributed by atoms with van der Waals surface area (Å²) in [5, 5.41) is 11.6. The van der Waals surface area contributed by atoms with Crippen LogP contribution in [0.2, 0.25) is 0 Å². The number of para-hydroxylation sites is 1. The monoisotopic (exact) mass is 401 g/mol. The fourth-order valence-electron chi connectivity index (χ4n) is 2.25. The van der Waals surface area contributed by atoms with E-state index in [2.05, 4.69) is 10.0 Å². The predicted octanol–water partition coefficient (Wildman–Crippen LogP) is 2.04. The van der Waals surface area contributed by atoms with Gasteiger partial charge in [-0.3, -0.25) is 4.79 Å². The normalized spacial score (nSPS) is 11.9. The van der Waals surface area contributed by atoms with Crippen molar-refractivity contribution in [2.75, 3.05) is 11.9 Å². The Kier molecular flexibility index (Phi) is 6.87. The highest BCUT2D eigenvalue weighted by Gasteiger charge is 2.20. The van der Waals surface area contributed by atoms with E-state index in [0.29, 0.717) is 5.69 Å². The Balaban J connectivity index is 2.04. The molecule has 0 spiro atoms. The van der Waals surface area contributed by atoms with Crippen molar-refractivity contribution in [2.45, 2.75) is 24.8 Å². The molecular formula is C19H19N3O5S. The van der Waals surface area contributed by atoms with Gasteiger partial charge >= 0.3 is 5.97 Å². The summed E-state index contributed by atoms with van der Waals surface area (Å²) in [7, 11) is -3.62. The summed E-state index contributed by atoms with van der Waals surface area (Å²) < 4.78 is 31.3. The molecule has 0 aliphatic carbocycles. The number of sulfonamides is 1. The number of amides is 1. The average Bonchev–Trinajstić information content (AvgIpc) is 2.68. The van der Waals surface area contributed by atoms with Crippen molar-refractivity contribution in [3.8, 4) is 6.07 Å². The van der Waals surface area contributed by atoms with Gasteiger partial charge in [-0.05, 0) is 43.3 Å². The Morgan fingerprint density at radius 2 is 1.79 bits per heavy atom. The lowest BCUT2D eigenvalue weighted by atomic mass is 10.2. The summed E-state index contributed by atoms with van der Waals surface area (Å²) in [4.78, 5) is 24.4. The molecule has 2 aromatic carbocycles. The molecule has 0 bridgehead atoms. The van der Waals surface area contributed by atoms with E-state index in [9.17, 15) is 18.0 Å². The highest BCUT2D eigenvalue weighted by atomic mass is 32.2. The number of nitrogens with zero attached hydrogens (tertiary/aromatic N) is 1. The van der Waals surface area contributed by atoms with Crippen molar-refractivity contribution in [1.82, 2.24) is 4.72 Å². The second kappa shape index (κ2) is 9.12. The van der Waals surface area contributed by atoms with Gasteiger partial charge in [0.2, 0.25) is 10.0 Å². The van der Waals surface area contributed by atoms with Crippen LogP contribution in [0.1, 0.15) is 29.8 Å². The van der Waals surface area contributed by atoms with E-state index < -0.39 is 28.0 Å². The van der Waals surface area contributed by atoms with Gasteiger partial charge in [0, 0.05) is 6.54 Å². The average molecular weight is 401 g/mol. The zero-order valence-corrected chi connectivity index (χ0v) is 16.1. The van der Waals surface area contributed by atoms with Crippen LogP contribution in [0, 0.1) is 11.3 Å². The van der Waals surface area contributed by atoms with Gasteiger partial charge in [0.15, 0.2) is 6.10 Å². The molecule has 0 unspecified atom stereocenters. The van der Waals surface area contributed by atoms with Gasteiger partial charge in [-0.2, -0.15) is 5.26 Å². The number of carbonyl (C=O) groups excluding carboxylic acids is 2. The number of anilines is 1. The van der Waals surface area contributed by atoms with E-state index in [4.69, 9.17) is 10.00 Å². The van der Waals surface area contributed by atoms with Crippen molar-refractivity contribution in [3.05, 3.63) is 59.7 Å². The number of rotatable bonds is 7. The minimum absolute atomic E-state index is 0.0183. The third kappa shape index (κ3) is 5.16. The van der Waals surface area contributed by atoms with E-state index in [1.807, 2.05) is 6.07 Å². The third-order valence-electron chi connectivity index (χ3n) is 3.69. The number of carbonyl (C=O) groups is 2. The Morgan fingerprint density at radius 3 is 2.39 bits per heavy atom. The van der Waals surface area contributed by atoms with Crippen LogP contribution in [0.15, 0.2) is 53.4 Å². The summed E-state index contributed by atoms with van der Waals surface area (Å²) in [6.45, 7) is 3.30. The van der Waals surface area contributed by atoms with Crippen LogP contribution < -0.4 is 10.0 Å². The lowest BCUT2D eigenvalue weighted by molar-refractivity contribution is -0.123. The first-order valence-electron chi connectivity index (χ1n) is 8.39. The fourth-order valence-corrected chi connectivity index (χ4v) is 3.29. The van der Waals surface area contributed by atoms with Crippen LogP contribution in [0.3, 0.4) is 0 Å². The molecule has 0 aliphatic heterocycles. The van der Waals surface area contributed by atoms with Crippen molar-refractivity contribution >= 4 is 27.6 Å². The number of esters is 1. The standard InChI is InChI=1S/C19H19N3O5S/c1-3-21-28(25,26)16-10-8-14(9-11-16)19(24)27-13(2)18(23)22-17-7-5-4-6-15(17)12-20/h4-11,13,21H,3H2,1-2H3,(H,22,23)/t13-/m1/s1. The van der Waals surface area contributed by atoms with Gasteiger partial charge < -0.3 is 10.1 Å². The maximum absolute atomic E-state index is 12.2.